The van der Waals surface area contributed by atoms with Crippen molar-refractivity contribution in [2.24, 2.45) is 0 Å². The van der Waals surface area contributed by atoms with Crippen LogP contribution in [0.5, 0.6) is 0 Å². The summed E-state index contributed by atoms with van der Waals surface area (Å²) in [6.07, 6.45) is 1.55. The Balaban J connectivity index is 1.20. The van der Waals surface area contributed by atoms with E-state index in [4.69, 9.17) is 4.52 Å². The maximum absolute atomic E-state index is 12.9. The number of carbonyl (C=O) groups excluding carboxylic acids is 2. The van der Waals surface area contributed by atoms with Gasteiger partial charge in [0.15, 0.2) is 0 Å². The Bertz CT molecular complexity index is 1320. The average molecular weight is 467 g/mol. The summed E-state index contributed by atoms with van der Waals surface area (Å²) >= 11 is 0. The zero-order valence-corrected chi connectivity index (χ0v) is 19.5. The summed E-state index contributed by atoms with van der Waals surface area (Å²) in [5.41, 5.74) is 3.82. The Morgan fingerprint density at radius 1 is 0.914 bits per heavy atom. The molecule has 0 bridgehead atoms. The predicted octanol–water partition coefficient (Wildman–Crippen LogP) is 5.32. The van der Waals surface area contributed by atoms with Crippen LogP contribution in [-0.2, 0) is 0 Å². The lowest BCUT2D eigenvalue weighted by molar-refractivity contribution is 0.0703. The van der Waals surface area contributed by atoms with Crippen molar-refractivity contribution in [3.8, 4) is 11.4 Å². The maximum atomic E-state index is 12.9. The number of nitrogens with zero attached hydrogens (tertiary/aromatic N) is 3. The molecule has 4 aromatic rings. The Hall–Kier alpha value is -4.26. The topological polar surface area (TPSA) is 88.3 Å². The molecule has 2 heterocycles. The fourth-order valence-corrected chi connectivity index (χ4v) is 4.33. The molecule has 1 fully saturated rings. The van der Waals surface area contributed by atoms with Crippen molar-refractivity contribution >= 4 is 17.5 Å². The smallest absolute Gasteiger partial charge is 0.255 e. The van der Waals surface area contributed by atoms with Gasteiger partial charge in [-0.15, -0.1) is 0 Å². The third kappa shape index (κ3) is 4.99. The molecule has 1 aromatic heterocycles. The molecule has 7 nitrogen and oxygen atoms in total. The predicted molar refractivity (Wildman–Crippen MR) is 133 cm³/mol. The number of carbonyl (C=O) groups is 2. The van der Waals surface area contributed by atoms with Crippen LogP contribution in [0.15, 0.2) is 83.4 Å². The second kappa shape index (κ2) is 9.93. The van der Waals surface area contributed by atoms with Gasteiger partial charge in [0, 0.05) is 41.4 Å². The number of benzene rings is 3. The van der Waals surface area contributed by atoms with E-state index in [0.717, 1.165) is 35.2 Å². The second-order valence-electron chi connectivity index (χ2n) is 8.74. The summed E-state index contributed by atoms with van der Waals surface area (Å²) < 4.78 is 5.57. The number of likely N-dealkylation sites (tertiary alicyclic amines) is 1. The number of aromatic nitrogens is 2. The molecule has 1 saturated heterocycles. The van der Waals surface area contributed by atoms with E-state index in [1.54, 1.807) is 12.1 Å². The van der Waals surface area contributed by atoms with Crippen molar-refractivity contribution in [1.29, 1.82) is 0 Å². The second-order valence-corrected chi connectivity index (χ2v) is 8.74. The molecule has 176 valence electrons. The molecular weight excluding hydrogens is 440 g/mol. The number of aryl methyl sites for hydroxylation is 1. The first-order valence-corrected chi connectivity index (χ1v) is 11.7. The molecule has 3 aromatic carbocycles. The van der Waals surface area contributed by atoms with Gasteiger partial charge < -0.3 is 14.7 Å². The van der Waals surface area contributed by atoms with E-state index >= 15 is 0 Å². The van der Waals surface area contributed by atoms with E-state index in [1.165, 1.54) is 0 Å². The number of hydrogen-bond donors (Lipinski definition) is 1. The third-order valence-corrected chi connectivity index (χ3v) is 6.39. The van der Waals surface area contributed by atoms with Crippen molar-refractivity contribution in [2.75, 3.05) is 18.4 Å². The van der Waals surface area contributed by atoms with E-state index < -0.39 is 0 Å². The van der Waals surface area contributed by atoms with Gasteiger partial charge in [-0.25, -0.2) is 0 Å². The molecule has 0 aliphatic carbocycles. The number of hydrogen-bond acceptors (Lipinski definition) is 5. The van der Waals surface area contributed by atoms with Gasteiger partial charge in [-0.05, 0) is 55.7 Å². The van der Waals surface area contributed by atoms with E-state index in [9.17, 15) is 9.59 Å². The lowest BCUT2D eigenvalue weighted by Gasteiger charge is -2.30. The van der Waals surface area contributed by atoms with Crippen LogP contribution >= 0.6 is 0 Å². The molecule has 35 heavy (non-hydrogen) atoms. The minimum absolute atomic E-state index is 0.0733. The van der Waals surface area contributed by atoms with Crippen LogP contribution in [0.25, 0.3) is 11.4 Å². The number of amides is 2. The molecule has 2 amide bonds. The zero-order valence-electron chi connectivity index (χ0n) is 19.5. The fourth-order valence-electron chi connectivity index (χ4n) is 4.33. The molecule has 5 rings (SSSR count). The SMILES string of the molecule is Cc1ccccc1C(=O)N1CCC(c2nc(-c3ccc(C(=O)Nc4ccccc4)cc3)no2)CC1. The normalized spacial score (nSPS) is 14.0. The molecule has 1 aliphatic heterocycles. The molecule has 0 spiro atoms. The van der Waals surface area contributed by atoms with E-state index in [1.807, 2.05) is 78.6 Å². The summed E-state index contributed by atoms with van der Waals surface area (Å²) in [5.74, 6) is 1.10. The van der Waals surface area contributed by atoms with Crippen LogP contribution in [0.4, 0.5) is 5.69 Å². The quantitative estimate of drug-likeness (QED) is 0.430. The number of rotatable bonds is 5. The molecule has 7 heteroatoms. The molecule has 0 saturated carbocycles. The van der Waals surface area contributed by atoms with Crippen molar-refractivity contribution < 1.29 is 14.1 Å². The van der Waals surface area contributed by atoms with Gasteiger partial charge in [-0.1, -0.05) is 53.7 Å². The van der Waals surface area contributed by atoms with Gasteiger partial charge in [0.1, 0.15) is 0 Å². The Morgan fingerprint density at radius 3 is 2.31 bits per heavy atom. The largest absolute Gasteiger partial charge is 0.339 e. The Labute approximate surface area is 203 Å². The van der Waals surface area contributed by atoms with Crippen molar-refractivity contribution in [3.63, 3.8) is 0 Å². The first kappa shape index (κ1) is 22.5. The summed E-state index contributed by atoms with van der Waals surface area (Å²) in [6, 6.07) is 24.1. The van der Waals surface area contributed by atoms with Crippen LogP contribution in [0, 0.1) is 6.92 Å². The summed E-state index contributed by atoms with van der Waals surface area (Å²) in [5, 5.41) is 7.02. The number of piperidine rings is 1. The molecule has 1 aliphatic rings. The highest BCUT2D eigenvalue weighted by Gasteiger charge is 2.28. The lowest BCUT2D eigenvalue weighted by Crippen LogP contribution is -2.38. The van der Waals surface area contributed by atoms with Gasteiger partial charge in [0.25, 0.3) is 11.8 Å². The van der Waals surface area contributed by atoms with Crippen molar-refractivity contribution in [3.05, 3.63) is 101 Å². The van der Waals surface area contributed by atoms with Crippen LogP contribution in [0.1, 0.15) is 50.9 Å². The highest BCUT2D eigenvalue weighted by atomic mass is 16.5. The van der Waals surface area contributed by atoms with Crippen LogP contribution < -0.4 is 5.32 Å². The fraction of sp³-hybridized carbons (Fsp3) is 0.214. The Morgan fingerprint density at radius 2 is 1.60 bits per heavy atom. The monoisotopic (exact) mass is 466 g/mol. The number of nitrogens with one attached hydrogen (secondary N) is 1. The van der Waals surface area contributed by atoms with E-state index in [2.05, 4.69) is 15.5 Å². The molecule has 0 atom stereocenters. The van der Waals surface area contributed by atoms with E-state index in [0.29, 0.717) is 30.4 Å². The van der Waals surface area contributed by atoms with Gasteiger partial charge in [-0.3, -0.25) is 9.59 Å². The minimum Gasteiger partial charge on any atom is -0.339 e. The van der Waals surface area contributed by atoms with Crippen molar-refractivity contribution in [1.82, 2.24) is 15.0 Å². The third-order valence-electron chi connectivity index (χ3n) is 6.39. The number of anilines is 1. The standard InChI is InChI=1S/C28H26N4O3/c1-19-7-5-6-10-24(19)28(34)32-17-15-22(16-18-32)27-30-25(31-35-27)20-11-13-21(14-12-20)26(33)29-23-8-3-2-4-9-23/h2-14,22H,15-18H2,1H3,(H,29,33). The molecular formula is C28H26N4O3. The first-order valence-electron chi connectivity index (χ1n) is 11.7. The van der Waals surface area contributed by atoms with Crippen molar-refractivity contribution in [2.45, 2.75) is 25.7 Å². The minimum atomic E-state index is -0.177. The van der Waals surface area contributed by atoms with Crippen LogP contribution in [0.2, 0.25) is 0 Å². The first-order chi connectivity index (χ1) is 17.1. The van der Waals surface area contributed by atoms with Crippen LogP contribution in [0.3, 0.4) is 0 Å². The summed E-state index contributed by atoms with van der Waals surface area (Å²) in [7, 11) is 0. The highest BCUT2D eigenvalue weighted by molar-refractivity contribution is 6.04. The number of para-hydroxylation sites is 1. The lowest BCUT2D eigenvalue weighted by atomic mass is 9.96. The summed E-state index contributed by atoms with van der Waals surface area (Å²) in [4.78, 5) is 31.8. The highest BCUT2D eigenvalue weighted by Crippen LogP contribution is 2.29. The molecule has 0 radical (unpaired) electrons. The van der Waals surface area contributed by atoms with Gasteiger partial charge in [-0.2, -0.15) is 4.98 Å². The zero-order chi connectivity index (χ0) is 24.2. The van der Waals surface area contributed by atoms with Gasteiger partial charge >= 0.3 is 0 Å². The summed E-state index contributed by atoms with van der Waals surface area (Å²) in [6.45, 7) is 3.27. The average Bonchev–Trinajstić information content (AvgIpc) is 3.40. The van der Waals surface area contributed by atoms with Gasteiger partial charge in [0.2, 0.25) is 11.7 Å². The maximum Gasteiger partial charge on any atom is 0.255 e. The Kier molecular flexibility index (Phi) is 6.39. The molecule has 0 unspecified atom stereocenters. The van der Waals surface area contributed by atoms with E-state index in [-0.39, 0.29) is 17.7 Å². The van der Waals surface area contributed by atoms with Gasteiger partial charge in [0.05, 0.1) is 0 Å². The van der Waals surface area contributed by atoms with Crippen LogP contribution in [-0.4, -0.2) is 39.9 Å². The molecule has 1 N–H and O–H groups in total.